The predicted octanol–water partition coefficient (Wildman–Crippen LogP) is 10.3. The highest BCUT2D eigenvalue weighted by molar-refractivity contribution is 14.1. The molecule has 174 valence electrons. The molecule has 0 spiro atoms. The molecule has 0 bridgehead atoms. The maximum atomic E-state index is 2.64. The third kappa shape index (κ3) is 9.14. The van der Waals surface area contributed by atoms with E-state index < -0.39 is 0 Å². The minimum absolute atomic E-state index is 0.860. The summed E-state index contributed by atoms with van der Waals surface area (Å²) in [7, 11) is 0. The Kier molecular flexibility index (Phi) is 12.2. The summed E-state index contributed by atoms with van der Waals surface area (Å²) in [5, 5.41) is 0. The summed E-state index contributed by atoms with van der Waals surface area (Å²) in [5.74, 6) is 5.21. The van der Waals surface area contributed by atoms with Crippen molar-refractivity contribution in [2.24, 2.45) is 29.6 Å². The standard InChI is InChI=1S/C29H51I/c1-24(30)23-25-13-7-5-11-17-27(18-12-6-8-14-25)29-21-19-28(20-22-29)26-15-9-3-2-4-10-16-26/h3,9,24-29H,2,4-8,10-23H2,1H3. The van der Waals surface area contributed by atoms with Crippen LogP contribution in [0, 0.1) is 29.6 Å². The normalized spacial score (nSPS) is 36.7. The zero-order valence-electron chi connectivity index (χ0n) is 20.1. The number of hydrogen-bond donors (Lipinski definition) is 0. The van der Waals surface area contributed by atoms with E-state index in [1.165, 1.54) is 89.9 Å². The third-order valence-electron chi connectivity index (χ3n) is 8.98. The fraction of sp³-hybridized carbons (Fsp3) is 0.931. The second-order valence-corrected chi connectivity index (χ2v) is 13.5. The molecular weight excluding hydrogens is 475 g/mol. The van der Waals surface area contributed by atoms with E-state index in [-0.39, 0.29) is 0 Å². The minimum atomic E-state index is 0.860. The molecule has 0 saturated heterocycles. The SMILES string of the molecule is CC(I)CC1CCCCCC(C2CCC(C3CC=CCCCC3)CC2)CCCCC1. The largest absolute Gasteiger partial charge is 0.0885 e. The van der Waals surface area contributed by atoms with Gasteiger partial charge >= 0.3 is 0 Å². The van der Waals surface area contributed by atoms with Crippen molar-refractivity contribution in [3.8, 4) is 0 Å². The predicted molar refractivity (Wildman–Crippen MR) is 142 cm³/mol. The lowest BCUT2D eigenvalue weighted by Crippen LogP contribution is -2.26. The van der Waals surface area contributed by atoms with Gasteiger partial charge in [-0.3, -0.25) is 0 Å². The first kappa shape index (κ1) is 25.1. The highest BCUT2D eigenvalue weighted by atomic mass is 127. The Labute approximate surface area is 203 Å². The fourth-order valence-electron chi connectivity index (χ4n) is 7.18. The van der Waals surface area contributed by atoms with Crippen molar-refractivity contribution in [2.75, 3.05) is 0 Å². The number of alkyl halides is 1. The van der Waals surface area contributed by atoms with Gasteiger partial charge in [-0.1, -0.05) is 112 Å². The van der Waals surface area contributed by atoms with E-state index in [4.69, 9.17) is 0 Å². The van der Waals surface area contributed by atoms with E-state index in [0.29, 0.717) is 0 Å². The summed E-state index contributed by atoms with van der Waals surface area (Å²) in [4.78, 5) is 0. The fourth-order valence-corrected chi connectivity index (χ4v) is 7.90. The van der Waals surface area contributed by atoms with Crippen LogP contribution in [0.5, 0.6) is 0 Å². The maximum Gasteiger partial charge on any atom is 0.00839 e. The van der Waals surface area contributed by atoms with Crippen LogP contribution in [-0.4, -0.2) is 3.92 Å². The van der Waals surface area contributed by atoms with Gasteiger partial charge in [0.05, 0.1) is 0 Å². The molecule has 2 unspecified atom stereocenters. The van der Waals surface area contributed by atoms with Crippen LogP contribution >= 0.6 is 22.6 Å². The second-order valence-electron chi connectivity index (χ2n) is 11.3. The molecule has 3 aliphatic carbocycles. The molecule has 3 aliphatic rings. The Morgan fingerprint density at radius 1 is 0.600 bits per heavy atom. The zero-order chi connectivity index (χ0) is 21.0. The molecular formula is C29H51I. The monoisotopic (exact) mass is 526 g/mol. The average molecular weight is 527 g/mol. The molecule has 0 aromatic rings. The summed E-state index contributed by atoms with van der Waals surface area (Å²) in [6.45, 7) is 2.41. The molecule has 0 nitrogen and oxygen atoms in total. The quantitative estimate of drug-likeness (QED) is 0.194. The summed E-state index contributed by atoms with van der Waals surface area (Å²) < 4.78 is 0.860. The van der Waals surface area contributed by atoms with Crippen molar-refractivity contribution in [2.45, 2.75) is 139 Å². The van der Waals surface area contributed by atoms with E-state index >= 15 is 0 Å². The van der Waals surface area contributed by atoms with Crippen LogP contribution in [0.15, 0.2) is 12.2 Å². The molecule has 1 heteroatoms. The number of halogens is 1. The van der Waals surface area contributed by atoms with Crippen LogP contribution in [0.1, 0.15) is 135 Å². The topological polar surface area (TPSA) is 0 Å². The van der Waals surface area contributed by atoms with Gasteiger partial charge in [-0.05, 0) is 87.4 Å². The van der Waals surface area contributed by atoms with Gasteiger partial charge in [-0.15, -0.1) is 0 Å². The summed E-state index contributed by atoms with van der Waals surface area (Å²) >= 11 is 2.64. The van der Waals surface area contributed by atoms with Gasteiger partial charge in [-0.2, -0.15) is 0 Å². The lowest BCUT2D eigenvalue weighted by Gasteiger charge is -2.38. The molecule has 30 heavy (non-hydrogen) atoms. The minimum Gasteiger partial charge on any atom is -0.0885 e. The summed E-state index contributed by atoms with van der Waals surface area (Å²) in [6, 6.07) is 0. The molecule has 3 rings (SSSR count). The van der Waals surface area contributed by atoms with Crippen molar-refractivity contribution in [1.82, 2.24) is 0 Å². The molecule has 0 heterocycles. The van der Waals surface area contributed by atoms with Gasteiger partial charge in [0.2, 0.25) is 0 Å². The molecule has 0 radical (unpaired) electrons. The molecule has 0 aromatic carbocycles. The lowest BCUT2D eigenvalue weighted by atomic mass is 9.68. The Morgan fingerprint density at radius 2 is 1.10 bits per heavy atom. The molecule has 0 aliphatic heterocycles. The van der Waals surface area contributed by atoms with Crippen LogP contribution in [0.2, 0.25) is 0 Å². The van der Waals surface area contributed by atoms with E-state index in [1.807, 2.05) is 0 Å². The van der Waals surface area contributed by atoms with E-state index in [9.17, 15) is 0 Å². The van der Waals surface area contributed by atoms with Crippen molar-refractivity contribution < 1.29 is 0 Å². The van der Waals surface area contributed by atoms with Crippen LogP contribution < -0.4 is 0 Å². The molecule has 2 fully saturated rings. The van der Waals surface area contributed by atoms with E-state index in [1.54, 1.807) is 38.5 Å². The van der Waals surface area contributed by atoms with Crippen molar-refractivity contribution in [3.63, 3.8) is 0 Å². The van der Waals surface area contributed by atoms with E-state index in [0.717, 1.165) is 33.5 Å². The van der Waals surface area contributed by atoms with Gasteiger partial charge in [0, 0.05) is 3.92 Å². The second kappa shape index (κ2) is 14.6. The maximum absolute atomic E-state index is 2.64. The van der Waals surface area contributed by atoms with Crippen LogP contribution in [0.3, 0.4) is 0 Å². The van der Waals surface area contributed by atoms with Gasteiger partial charge in [-0.25, -0.2) is 0 Å². The number of allylic oxidation sites excluding steroid dienone is 2. The van der Waals surface area contributed by atoms with Gasteiger partial charge in [0.15, 0.2) is 0 Å². The van der Waals surface area contributed by atoms with E-state index in [2.05, 4.69) is 41.7 Å². The molecule has 0 aromatic heterocycles. The highest BCUT2D eigenvalue weighted by Gasteiger charge is 2.30. The third-order valence-corrected chi connectivity index (χ3v) is 9.49. The van der Waals surface area contributed by atoms with Gasteiger partial charge < -0.3 is 0 Å². The Hall–Kier alpha value is 0.470. The summed E-state index contributed by atoms with van der Waals surface area (Å²) in [6.07, 6.45) is 35.0. The lowest BCUT2D eigenvalue weighted by molar-refractivity contribution is 0.142. The molecule has 2 saturated carbocycles. The summed E-state index contributed by atoms with van der Waals surface area (Å²) in [5.41, 5.74) is 0. The van der Waals surface area contributed by atoms with Crippen molar-refractivity contribution in [1.29, 1.82) is 0 Å². The smallest absolute Gasteiger partial charge is 0.00839 e. The van der Waals surface area contributed by atoms with Crippen LogP contribution in [0.25, 0.3) is 0 Å². The first-order chi connectivity index (χ1) is 14.7. The molecule has 0 N–H and O–H groups in total. The van der Waals surface area contributed by atoms with Gasteiger partial charge in [0.1, 0.15) is 0 Å². The number of hydrogen-bond acceptors (Lipinski definition) is 0. The molecule has 2 atom stereocenters. The number of rotatable bonds is 4. The Balaban J connectivity index is 1.42. The van der Waals surface area contributed by atoms with Crippen molar-refractivity contribution >= 4 is 22.6 Å². The van der Waals surface area contributed by atoms with Crippen LogP contribution in [0.4, 0.5) is 0 Å². The Bertz CT molecular complexity index is 445. The molecule has 0 amide bonds. The Morgan fingerprint density at radius 3 is 1.73 bits per heavy atom. The highest BCUT2D eigenvalue weighted by Crippen LogP contribution is 2.43. The average Bonchev–Trinajstić information content (AvgIpc) is 2.70. The first-order valence-electron chi connectivity index (χ1n) is 14.0. The zero-order valence-corrected chi connectivity index (χ0v) is 22.3. The first-order valence-corrected chi connectivity index (χ1v) is 15.3. The van der Waals surface area contributed by atoms with Crippen molar-refractivity contribution in [3.05, 3.63) is 12.2 Å². The van der Waals surface area contributed by atoms with Crippen LogP contribution in [-0.2, 0) is 0 Å². The van der Waals surface area contributed by atoms with Gasteiger partial charge in [0.25, 0.3) is 0 Å².